The second-order valence-electron chi connectivity index (χ2n) is 6.65. The Kier molecular flexibility index (Phi) is 5.83. The third kappa shape index (κ3) is 3.86. The van der Waals surface area contributed by atoms with E-state index < -0.39 is 27.8 Å². The molecule has 156 valence electrons. The van der Waals surface area contributed by atoms with E-state index in [0.29, 0.717) is 11.3 Å². The first-order valence-corrected chi connectivity index (χ1v) is 9.07. The molecule has 0 saturated carbocycles. The van der Waals surface area contributed by atoms with Crippen molar-refractivity contribution in [3.63, 3.8) is 0 Å². The van der Waals surface area contributed by atoms with Gasteiger partial charge in [-0.25, -0.2) is 0 Å². The lowest BCUT2D eigenvalue weighted by atomic mass is 9.96. The minimum absolute atomic E-state index is 0.0425. The van der Waals surface area contributed by atoms with Crippen LogP contribution in [-0.2, 0) is 6.54 Å². The zero-order chi connectivity index (χ0) is 22.7. The van der Waals surface area contributed by atoms with E-state index in [-0.39, 0.29) is 28.8 Å². The first-order valence-electron chi connectivity index (χ1n) is 9.07. The number of methoxy groups -OCH3 is 1. The van der Waals surface area contributed by atoms with Gasteiger partial charge in [-0.3, -0.25) is 24.3 Å². The van der Waals surface area contributed by atoms with Gasteiger partial charge >= 0.3 is 0 Å². The van der Waals surface area contributed by atoms with Gasteiger partial charge in [-0.1, -0.05) is 24.3 Å². The molecule has 0 saturated heterocycles. The van der Waals surface area contributed by atoms with Gasteiger partial charge in [0.15, 0.2) is 0 Å². The van der Waals surface area contributed by atoms with Crippen LogP contribution in [0.15, 0.2) is 53.3 Å². The highest BCUT2D eigenvalue weighted by Crippen LogP contribution is 2.29. The normalized spacial score (nSPS) is 10.4. The number of nitrogens with zero attached hydrogens (tertiary/aromatic N) is 3. The van der Waals surface area contributed by atoms with Gasteiger partial charge in [0.05, 0.1) is 24.1 Å². The molecule has 31 heavy (non-hydrogen) atoms. The van der Waals surface area contributed by atoms with Crippen LogP contribution in [0.4, 0.5) is 5.69 Å². The summed E-state index contributed by atoms with van der Waals surface area (Å²) in [5.74, 6) is -0.933. The monoisotopic (exact) mass is 419 g/mol. The highest BCUT2D eigenvalue weighted by Gasteiger charge is 2.28. The lowest BCUT2D eigenvalue weighted by Gasteiger charge is -2.16. The number of aromatic hydroxyl groups is 1. The molecule has 9 nitrogen and oxygen atoms in total. The first kappa shape index (κ1) is 21.3. The number of hydrogen-bond acceptors (Lipinski definition) is 7. The third-order valence-corrected chi connectivity index (χ3v) is 4.87. The van der Waals surface area contributed by atoms with Gasteiger partial charge in [-0.15, -0.1) is 0 Å². The Hall–Kier alpha value is -4.45. The molecular formula is C22H17N3O6. The number of para-hydroxylation sites is 1. The number of ketones is 1. The number of nitro groups is 1. The molecule has 1 N–H and O–H groups in total. The third-order valence-electron chi connectivity index (χ3n) is 4.87. The SMILES string of the molecule is COc1ccc(Cn2c(O)c(C(=O)c3ccccc3[N+](=O)[O-])c(C)c(C#N)c2=O)cc1. The summed E-state index contributed by atoms with van der Waals surface area (Å²) in [7, 11) is 1.51. The average Bonchev–Trinajstić information content (AvgIpc) is 2.77. The van der Waals surface area contributed by atoms with Crippen molar-refractivity contribution in [2.24, 2.45) is 0 Å². The maximum absolute atomic E-state index is 13.2. The number of pyridine rings is 1. The second-order valence-corrected chi connectivity index (χ2v) is 6.65. The summed E-state index contributed by atoms with van der Waals surface area (Å²) in [5.41, 5.74) is -1.57. The van der Waals surface area contributed by atoms with Crippen molar-refractivity contribution in [1.82, 2.24) is 4.57 Å². The number of nitro benzene ring substituents is 1. The van der Waals surface area contributed by atoms with Gasteiger partial charge in [-0.05, 0) is 36.2 Å². The fourth-order valence-corrected chi connectivity index (χ4v) is 3.24. The van der Waals surface area contributed by atoms with Crippen LogP contribution in [0.2, 0.25) is 0 Å². The van der Waals surface area contributed by atoms with Crippen LogP contribution in [0.5, 0.6) is 11.6 Å². The van der Waals surface area contributed by atoms with Crippen LogP contribution in [0.25, 0.3) is 0 Å². The predicted octanol–water partition coefficient (Wildman–Crippen LogP) is 2.93. The summed E-state index contributed by atoms with van der Waals surface area (Å²) in [4.78, 5) is 36.6. The first-order chi connectivity index (χ1) is 14.8. The van der Waals surface area contributed by atoms with E-state index in [1.165, 1.54) is 32.2 Å². The van der Waals surface area contributed by atoms with Gasteiger partial charge in [0.2, 0.25) is 11.7 Å². The van der Waals surface area contributed by atoms with E-state index in [1.807, 2.05) is 0 Å². The molecule has 0 atom stereocenters. The zero-order valence-electron chi connectivity index (χ0n) is 16.7. The number of rotatable bonds is 6. The van der Waals surface area contributed by atoms with Crippen molar-refractivity contribution >= 4 is 11.5 Å². The minimum Gasteiger partial charge on any atom is -0.497 e. The molecule has 3 aromatic rings. The van der Waals surface area contributed by atoms with Crippen molar-refractivity contribution in [2.75, 3.05) is 7.11 Å². The van der Waals surface area contributed by atoms with E-state index in [1.54, 1.807) is 30.3 Å². The Morgan fingerprint density at radius 2 is 1.87 bits per heavy atom. The molecule has 0 aliphatic carbocycles. The number of aromatic nitrogens is 1. The molecule has 0 fully saturated rings. The maximum atomic E-state index is 13.2. The molecule has 1 aromatic heterocycles. The average molecular weight is 419 g/mol. The van der Waals surface area contributed by atoms with Crippen molar-refractivity contribution in [3.05, 3.63) is 96.8 Å². The summed E-state index contributed by atoms with van der Waals surface area (Å²) in [6.45, 7) is 1.22. The standard InChI is InChI=1S/C22H17N3O6/c1-13-17(11-23)21(27)24(12-14-7-9-15(31-2)10-8-14)22(28)19(13)20(26)16-5-3-4-6-18(16)25(29)30/h3-10,28H,12H2,1-2H3. The molecule has 0 bridgehead atoms. The van der Waals surface area contributed by atoms with Gasteiger partial charge in [0.25, 0.3) is 11.2 Å². The van der Waals surface area contributed by atoms with E-state index in [9.17, 15) is 30.1 Å². The van der Waals surface area contributed by atoms with E-state index >= 15 is 0 Å². The highest BCUT2D eigenvalue weighted by atomic mass is 16.6. The van der Waals surface area contributed by atoms with E-state index in [0.717, 1.165) is 10.6 Å². The number of carbonyl (C=O) groups is 1. The molecule has 0 radical (unpaired) electrons. The summed E-state index contributed by atoms with van der Waals surface area (Å²) < 4.78 is 5.99. The molecule has 2 aromatic carbocycles. The minimum atomic E-state index is -0.859. The zero-order valence-corrected chi connectivity index (χ0v) is 16.7. The lowest BCUT2D eigenvalue weighted by molar-refractivity contribution is -0.385. The molecular weight excluding hydrogens is 402 g/mol. The van der Waals surface area contributed by atoms with Crippen LogP contribution >= 0.6 is 0 Å². The number of ether oxygens (including phenoxy) is 1. The smallest absolute Gasteiger partial charge is 0.280 e. The Balaban J connectivity index is 2.21. The van der Waals surface area contributed by atoms with Crippen LogP contribution in [0.1, 0.15) is 32.6 Å². The molecule has 0 aliphatic rings. The fraction of sp³-hybridized carbons (Fsp3) is 0.136. The van der Waals surface area contributed by atoms with Crippen molar-refractivity contribution in [3.8, 4) is 17.7 Å². The number of hydrogen-bond donors (Lipinski definition) is 1. The van der Waals surface area contributed by atoms with Crippen molar-refractivity contribution in [2.45, 2.75) is 13.5 Å². The van der Waals surface area contributed by atoms with Crippen LogP contribution < -0.4 is 10.3 Å². The van der Waals surface area contributed by atoms with E-state index in [4.69, 9.17) is 4.74 Å². The van der Waals surface area contributed by atoms with Crippen LogP contribution in [-0.4, -0.2) is 27.5 Å². The molecule has 0 amide bonds. The Morgan fingerprint density at radius 1 is 1.23 bits per heavy atom. The lowest BCUT2D eigenvalue weighted by Crippen LogP contribution is -2.27. The number of carbonyl (C=O) groups excluding carboxylic acids is 1. The summed E-state index contributed by atoms with van der Waals surface area (Å²) in [6.07, 6.45) is 0. The molecule has 3 rings (SSSR count). The van der Waals surface area contributed by atoms with Gasteiger partial charge < -0.3 is 9.84 Å². The number of nitriles is 1. The van der Waals surface area contributed by atoms with Crippen LogP contribution in [0.3, 0.4) is 0 Å². The van der Waals surface area contributed by atoms with Gasteiger partial charge in [-0.2, -0.15) is 5.26 Å². The Labute approximate surface area is 176 Å². The predicted molar refractivity (Wildman–Crippen MR) is 110 cm³/mol. The molecule has 1 heterocycles. The molecule has 0 aliphatic heterocycles. The Morgan fingerprint density at radius 3 is 2.45 bits per heavy atom. The summed E-state index contributed by atoms with van der Waals surface area (Å²) in [5, 5.41) is 31.7. The Bertz CT molecular complexity index is 1290. The highest BCUT2D eigenvalue weighted by molar-refractivity contribution is 6.13. The van der Waals surface area contributed by atoms with Crippen molar-refractivity contribution in [1.29, 1.82) is 5.26 Å². The molecule has 0 spiro atoms. The molecule has 9 heteroatoms. The second kappa shape index (κ2) is 8.51. The topological polar surface area (TPSA) is 135 Å². The maximum Gasteiger partial charge on any atom is 0.280 e. The largest absolute Gasteiger partial charge is 0.497 e. The van der Waals surface area contributed by atoms with Gasteiger partial charge in [0, 0.05) is 6.07 Å². The van der Waals surface area contributed by atoms with E-state index in [2.05, 4.69) is 0 Å². The quantitative estimate of drug-likeness (QED) is 0.368. The molecule has 0 unspecified atom stereocenters. The van der Waals surface area contributed by atoms with Crippen molar-refractivity contribution < 1.29 is 19.6 Å². The van der Waals surface area contributed by atoms with Gasteiger partial charge in [0.1, 0.15) is 22.9 Å². The summed E-state index contributed by atoms with van der Waals surface area (Å²) >= 11 is 0. The summed E-state index contributed by atoms with van der Waals surface area (Å²) in [6, 6.07) is 13.7. The number of benzene rings is 2. The van der Waals surface area contributed by atoms with Crippen LogP contribution in [0, 0.1) is 28.4 Å². The fourth-order valence-electron chi connectivity index (χ4n) is 3.24.